The van der Waals surface area contributed by atoms with Gasteiger partial charge in [-0.15, -0.1) is 0 Å². The second kappa shape index (κ2) is 9.06. The van der Waals surface area contributed by atoms with Crippen LogP contribution in [0.2, 0.25) is 5.28 Å². The Bertz CT molecular complexity index is 859. The number of aromatic nitrogens is 3. The molecule has 2 aromatic heterocycles. The van der Waals surface area contributed by atoms with Crippen LogP contribution in [0, 0.1) is 0 Å². The first-order valence-corrected chi connectivity index (χ1v) is 10.8. The maximum absolute atomic E-state index is 6.12. The zero-order valence-electron chi connectivity index (χ0n) is 18.9. The summed E-state index contributed by atoms with van der Waals surface area (Å²) in [7, 11) is 0. The van der Waals surface area contributed by atoms with Gasteiger partial charge in [-0.2, -0.15) is 4.98 Å². The van der Waals surface area contributed by atoms with Crippen LogP contribution in [0.5, 0.6) is 0 Å². The molecule has 2 aromatic rings. The standard InChI is InChI=1S/C21H33ClN4O4/c1-8-27-17(28-9-2)14-10-13-11-23-19(22)25-15(13)26(14)21(6,7)12-24-16-18(29-16)30-20(3,4)5/h10-11,16-18,24H,8-9,12H2,1-7H3. The first kappa shape index (κ1) is 23.4. The van der Waals surface area contributed by atoms with E-state index in [1.54, 1.807) is 6.20 Å². The summed E-state index contributed by atoms with van der Waals surface area (Å²) < 4.78 is 25.4. The van der Waals surface area contributed by atoms with E-state index in [0.29, 0.717) is 19.8 Å². The quantitative estimate of drug-likeness (QED) is 0.340. The number of nitrogens with zero attached hydrogens (tertiary/aromatic N) is 3. The van der Waals surface area contributed by atoms with Gasteiger partial charge in [0.05, 0.1) is 16.8 Å². The highest BCUT2D eigenvalue weighted by Gasteiger charge is 2.43. The predicted octanol–water partition coefficient (Wildman–Crippen LogP) is 3.98. The molecule has 1 saturated heterocycles. The van der Waals surface area contributed by atoms with Crippen molar-refractivity contribution in [3.63, 3.8) is 0 Å². The normalized spacial score (nSPS) is 19.8. The number of rotatable bonds is 10. The van der Waals surface area contributed by atoms with Gasteiger partial charge < -0.3 is 23.5 Å². The monoisotopic (exact) mass is 440 g/mol. The highest BCUT2D eigenvalue weighted by atomic mass is 35.5. The lowest BCUT2D eigenvalue weighted by Crippen LogP contribution is -2.41. The predicted molar refractivity (Wildman–Crippen MR) is 115 cm³/mol. The molecule has 1 aliphatic heterocycles. The summed E-state index contributed by atoms with van der Waals surface area (Å²) in [6.45, 7) is 15.8. The fourth-order valence-electron chi connectivity index (χ4n) is 3.43. The molecule has 1 N–H and O–H groups in total. The number of epoxide rings is 1. The Morgan fingerprint density at radius 2 is 1.87 bits per heavy atom. The van der Waals surface area contributed by atoms with Crippen molar-refractivity contribution in [1.82, 2.24) is 19.9 Å². The van der Waals surface area contributed by atoms with Crippen LogP contribution in [0.1, 0.15) is 60.5 Å². The number of halogens is 1. The van der Waals surface area contributed by atoms with Gasteiger partial charge in [-0.05, 0) is 66.1 Å². The molecule has 3 heterocycles. The van der Waals surface area contributed by atoms with Crippen LogP contribution < -0.4 is 5.32 Å². The van der Waals surface area contributed by atoms with Crippen molar-refractivity contribution < 1.29 is 18.9 Å². The zero-order valence-corrected chi connectivity index (χ0v) is 19.6. The van der Waals surface area contributed by atoms with Crippen molar-refractivity contribution in [2.75, 3.05) is 19.8 Å². The second-order valence-corrected chi connectivity index (χ2v) is 9.25. The number of hydrogen-bond donors (Lipinski definition) is 1. The lowest BCUT2D eigenvalue weighted by atomic mass is 10.0. The van der Waals surface area contributed by atoms with Gasteiger partial charge in [-0.25, -0.2) is 4.98 Å². The van der Waals surface area contributed by atoms with Crippen molar-refractivity contribution in [3.05, 3.63) is 23.2 Å². The van der Waals surface area contributed by atoms with E-state index in [4.69, 9.17) is 30.5 Å². The molecule has 0 radical (unpaired) electrons. The molecule has 9 heteroatoms. The van der Waals surface area contributed by atoms with Crippen LogP contribution in [0.25, 0.3) is 11.0 Å². The Kier molecular flexibility index (Phi) is 7.06. The molecule has 0 spiro atoms. The minimum Gasteiger partial charge on any atom is -0.347 e. The summed E-state index contributed by atoms with van der Waals surface area (Å²) in [6, 6.07) is 2.00. The van der Waals surface area contributed by atoms with Crippen molar-refractivity contribution in [2.24, 2.45) is 0 Å². The van der Waals surface area contributed by atoms with E-state index < -0.39 is 6.29 Å². The number of ether oxygens (including phenoxy) is 4. The van der Waals surface area contributed by atoms with E-state index in [9.17, 15) is 0 Å². The Balaban J connectivity index is 1.88. The van der Waals surface area contributed by atoms with Crippen molar-refractivity contribution in [3.8, 4) is 0 Å². The average molecular weight is 441 g/mol. The van der Waals surface area contributed by atoms with Gasteiger partial charge >= 0.3 is 0 Å². The van der Waals surface area contributed by atoms with Crippen LogP contribution in [0.4, 0.5) is 0 Å². The van der Waals surface area contributed by atoms with E-state index in [1.165, 1.54) is 0 Å². The minimum atomic E-state index is -0.513. The molecule has 0 amide bonds. The molecule has 168 valence electrons. The SMILES string of the molecule is CCOC(OCC)c1cc2cnc(Cl)nc2n1C(C)(C)CNC1OC1OC(C)(C)C. The molecular formula is C21H33ClN4O4. The van der Waals surface area contributed by atoms with Crippen LogP contribution in [0.15, 0.2) is 12.3 Å². The fraction of sp³-hybridized carbons (Fsp3) is 0.714. The van der Waals surface area contributed by atoms with Crippen LogP contribution in [-0.2, 0) is 24.5 Å². The first-order valence-electron chi connectivity index (χ1n) is 10.4. The molecule has 0 aromatic carbocycles. The molecule has 3 rings (SSSR count). The summed E-state index contributed by atoms with van der Waals surface area (Å²) in [5.41, 5.74) is 0.965. The molecule has 0 saturated carbocycles. The number of hydrogen-bond acceptors (Lipinski definition) is 7. The van der Waals surface area contributed by atoms with Gasteiger partial charge in [0.25, 0.3) is 0 Å². The molecule has 2 unspecified atom stereocenters. The van der Waals surface area contributed by atoms with Gasteiger partial charge in [0.2, 0.25) is 5.28 Å². The van der Waals surface area contributed by atoms with Gasteiger partial charge in [-0.1, -0.05) is 0 Å². The van der Waals surface area contributed by atoms with Gasteiger partial charge in [0, 0.05) is 31.3 Å². The smallest absolute Gasteiger partial charge is 0.224 e. The molecule has 2 atom stereocenters. The first-order chi connectivity index (χ1) is 14.1. The van der Waals surface area contributed by atoms with Crippen molar-refractivity contribution in [1.29, 1.82) is 0 Å². The fourth-order valence-corrected chi connectivity index (χ4v) is 3.56. The molecule has 30 heavy (non-hydrogen) atoms. The zero-order chi connectivity index (χ0) is 22.1. The Morgan fingerprint density at radius 1 is 1.20 bits per heavy atom. The molecular weight excluding hydrogens is 408 g/mol. The van der Waals surface area contributed by atoms with Crippen molar-refractivity contribution >= 4 is 22.6 Å². The average Bonchev–Trinajstić information content (AvgIpc) is 3.24. The van der Waals surface area contributed by atoms with Gasteiger partial charge in [0.1, 0.15) is 5.65 Å². The summed E-state index contributed by atoms with van der Waals surface area (Å²) in [4.78, 5) is 8.62. The summed E-state index contributed by atoms with van der Waals surface area (Å²) in [5.74, 6) is 0. The topological polar surface area (TPSA) is 83.0 Å². The van der Waals surface area contributed by atoms with Crippen LogP contribution >= 0.6 is 11.6 Å². The molecule has 1 fully saturated rings. The van der Waals surface area contributed by atoms with E-state index in [0.717, 1.165) is 16.7 Å². The van der Waals surface area contributed by atoms with Crippen molar-refractivity contribution in [2.45, 2.75) is 78.4 Å². The third kappa shape index (κ3) is 5.49. The maximum Gasteiger partial charge on any atom is 0.224 e. The lowest BCUT2D eigenvalue weighted by Gasteiger charge is -2.32. The molecule has 1 aliphatic rings. The van der Waals surface area contributed by atoms with Gasteiger partial charge in [0.15, 0.2) is 18.8 Å². The van der Waals surface area contributed by atoms with E-state index in [1.807, 2.05) is 40.7 Å². The van der Waals surface area contributed by atoms with E-state index >= 15 is 0 Å². The second-order valence-electron chi connectivity index (χ2n) is 8.91. The summed E-state index contributed by atoms with van der Waals surface area (Å²) in [6.07, 6.45) is 0.835. The summed E-state index contributed by atoms with van der Waals surface area (Å²) in [5, 5.41) is 4.52. The Morgan fingerprint density at radius 3 is 2.47 bits per heavy atom. The largest absolute Gasteiger partial charge is 0.347 e. The molecule has 0 bridgehead atoms. The maximum atomic E-state index is 6.12. The van der Waals surface area contributed by atoms with E-state index in [2.05, 4.69) is 33.7 Å². The lowest BCUT2D eigenvalue weighted by molar-refractivity contribution is -0.145. The third-order valence-corrected chi connectivity index (χ3v) is 4.86. The highest BCUT2D eigenvalue weighted by molar-refractivity contribution is 6.28. The van der Waals surface area contributed by atoms with Crippen LogP contribution in [-0.4, -0.2) is 52.4 Å². The Labute approximate surface area is 183 Å². The van der Waals surface area contributed by atoms with Crippen LogP contribution in [0.3, 0.4) is 0 Å². The van der Waals surface area contributed by atoms with E-state index in [-0.39, 0.29) is 28.9 Å². The third-order valence-electron chi connectivity index (χ3n) is 4.68. The van der Waals surface area contributed by atoms with Gasteiger partial charge in [-0.3, -0.25) is 5.32 Å². The Hall–Kier alpha value is -1.29. The summed E-state index contributed by atoms with van der Waals surface area (Å²) >= 11 is 6.12. The molecule has 0 aliphatic carbocycles. The highest BCUT2D eigenvalue weighted by Crippen LogP contribution is 2.33. The number of nitrogens with one attached hydrogen (secondary N) is 1. The minimum absolute atomic E-state index is 0.137. The number of fused-ring (bicyclic) bond motifs is 1. The molecule has 8 nitrogen and oxygen atoms in total.